The fraction of sp³-hybridized carbons (Fsp3) is 0.440. The number of nitrogens with zero attached hydrogens (tertiary/aromatic N) is 2. The van der Waals surface area contributed by atoms with E-state index in [0.717, 1.165) is 36.2 Å². The van der Waals surface area contributed by atoms with Gasteiger partial charge >= 0.3 is 12.1 Å². The number of halogens is 3. The highest BCUT2D eigenvalue weighted by Crippen LogP contribution is 2.61. The summed E-state index contributed by atoms with van der Waals surface area (Å²) in [6, 6.07) is 17.2. The number of hydrogen-bond acceptors (Lipinski definition) is 4. The highest BCUT2D eigenvalue weighted by Gasteiger charge is 2.66. The van der Waals surface area contributed by atoms with Crippen molar-refractivity contribution in [3.63, 3.8) is 0 Å². The van der Waals surface area contributed by atoms with Crippen molar-refractivity contribution in [3.05, 3.63) is 65.7 Å². The number of carbonyl (C=O) groups is 1. The van der Waals surface area contributed by atoms with E-state index in [9.17, 15) is 18.0 Å². The van der Waals surface area contributed by atoms with E-state index in [1.807, 2.05) is 59.6 Å². The predicted molar refractivity (Wildman–Crippen MR) is 118 cm³/mol. The minimum absolute atomic E-state index is 0.411. The Labute approximate surface area is 186 Å². The summed E-state index contributed by atoms with van der Waals surface area (Å²) in [7, 11) is 0. The van der Waals surface area contributed by atoms with Crippen LogP contribution in [0.2, 0.25) is 0 Å². The monoisotopic (exact) mass is 444 g/mol. The molecule has 0 bridgehead atoms. The van der Waals surface area contributed by atoms with Gasteiger partial charge in [-0.1, -0.05) is 49.4 Å². The quantitative estimate of drug-likeness (QED) is 0.533. The summed E-state index contributed by atoms with van der Waals surface area (Å²) in [5.41, 5.74) is 2.18. The van der Waals surface area contributed by atoms with Crippen LogP contribution in [0.15, 0.2) is 59.7 Å². The Hall–Kier alpha value is -2.83. The second-order valence-corrected chi connectivity index (χ2v) is 9.15. The van der Waals surface area contributed by atoms with Crippen molar-refractivity contribution in [2.24, 2.45) is 15.9 Å². The van der Waals surface area contributed by atoms with Crippen LogP contribution in [-0.4, -0.2) is 30.5 Å². The van der Waals surface area contributed by atoms with Crippen molar-refractivity contribution in [2.45, 2.75) is 52.3 Å². The number of rotatable bonds is 6. The molecular weight excluding hydrogens is 417 g/mol. The highest BCUT2D eigenvalue weighted by atomic mass is 19.4. The number of anilines is 1. The van der Waals surface area contributed by atoms with E-state index >= 15 is 0 Å². The zero-order valence-corrected chi connectivity index (χ0v) is 18.4. The Morgan fingerprint density at radius 2 is 1.72 bits per heavy atom. The van der Waals surface area contributed by atoms with Crippen LogP contribution in [-0.2, 0) is 16.0 Å². The molecule has 1 atom stereocenters. The lowest BCUT2D eigenvalue weighted by Crippen LogP contribution is -2.51. The number of alkyl halides is 3. The first-order valence-electron chi connectivity index (χ1n) is 10.9. The van der Waals surface area contributed by atoms with Crippen LogP contribution in [0, 0.1) is 10.8 Å². The van der Waals surface area contributed by atoms with Crippen LogP contribution in [0.4, 0.5) is 18.9 Å². The lowest BCUT2D eigenvalue weighted by molar-refractivity contribution is -0.193. The number of carbonyl (C=O) groups excluding carboxylic acids is 1. The lowest BCUT2D eigenvalue weighted by Gasteiger charge is -2.39. The van der Waals surface area contributed by atoms with Gasteiger partial charge in [0.2, 0.25) is 0 Å². The number of aryl methyl sites for hydroxylation is 1. The molecule has 0 amide bonds. The first kappa shape index (κ1) is 22.4. The number of benzene rings is 2. The molecule has 2 aliphatic rings. The number of hydrogen-bond donors (Lipinski definition) is 0. The molecule has 0 radical (unpaired) electrons. The summed E-state index contributed by atoms with van der Waals surface area (Å²) in [6.07, 6.45) is -2.06. The SMILES string of the molecule is CCc1ccc(N2N=C(c3ccccc3)C3(CC3)C2C(C)(C)C(=O)OCC(F)(F)F)cc1. The number of esters is 1. The molecule has 7 heteroatoms. The van der Waals surface area contributed by atoms with Gasteiger partial charge in [0.1, 0.15) is 0 Å². The fourth-order valence-corrected chi connectivity index (χ4v) is 4.75. The van der Waals surface area contributed by atoms with Crippen LogP contribution in [0.1, 0.15) is 44.7 Å². The summed E-state index contributed by atoms with van der Waals surface area (Å²) in [5.74, 6) is -0.870. The molecule has 2 aromatic carbocycles. The van der Waals surface area contributed by atoms with Crippen LogP contribution < -0.4 is 5.01 Å². The Morgan fingerprint density at radius 3 is 2.25 bits per heavy atom. The molecule has 1 unspecified atom stereocenters. The van der Waals surface area contributed by atoms with Crippen molar-refractivity contribution < 1.29 is 22.7 Å². The number of hydrazone groups is 1. The maximum Gasteiger partial charge on any atom is 0.422 e. The summed E-state index contributed by atoms with van der Waals surface area (Å²) in [6.45, 7) is 3.80. The fourth-order valence-electron chi connectivity index (χ4n) is 4.75. The standard InChI is InChI=1S/C25H27F3N2O2/c1-4-17-10-12-19(13-11-17)30-21(23(2,3)22(31)32-16-25(26,27)28)24(14-15-24)20(29-30)18-8-6-5-7-9-18/h5-13,21H,4,14-16H2,1-3H3. The second kappa shape index (κ2) is 7.94. The summed E-state index contributed by atoms with van der Waals surface area (Å²) >= 11 is 0. The maximum absolute atomic E-state index is 12.9. The lowest BCUT2D eigenvalue weighted by atomic mass is 9.72. The summed E-state index contributed by atoms with van der Waals surface area (Å²) < 4.78 is 42.9. The summed E-state index contributed by atoms with van der Waals surface area (Å²) in [4.78, 5) is 12.9. The largest absolute Gasteiger partial charge is 0.456 e. The van der Waals surface area contributed by atoms with Gasteiger partial charge in [0.05, 0.1) is 22.9 Å². The van der Waals surface area contributed by atoms with Gasteiger partial charge in [-0.25, -0.2) is 0 Å². The molecule has 1 spiro atoms. The summed E-state index contributed by atoms with van der Waals surface area (Å²) in [5, 5.41) is 6.78. The molecule has 0 N–H and O–H groups in total. The van der Waals surface area contributed by atoms with Crippen LogP contribution in [0.5, 0.6) is 0 Å². The molecule has 1 fully saturated rings. The third-order valence-corrected chi connectivity index (χ3v) is 6.47. The molecule has 0 aromatic heterocycles. The van der Waals surface area contributed by atoms with Gasteiger partial charge in [0, 0.05) is 5.41 Å². The average molecular weight is 444 g/mol. The average Bonchev–Trinajstić information content (AvgIpc) is 3.46. The van der Waals surface area contributed by atoms with Crippen molar-refractivity contribution in [1.82, 2.24) is 0 Å². The van der Waals surface area contributed by atoms with Gasteiger partial charge in [-0.15, -0.1) is 0 Å². The molecule has 2 aromatic rings. The van der Waals surface area contributed by atoms with Crippen molar-refractivity contribution in [3.8, 4) is 0 Å². The van der Waals surface area contributed by atoms with E-state index in [1.165, 1.54) is 5.56 Å². The van der Waals surface area contributed by atoms with E-state index in [-0.39, 0.29) is 0 Å². The van der Waals surface area contributed by atoms with Gasteiger partial charge in [-0.3, -0.25) is 9.80 Å². The number of ether oxygens (including phenoxy) is 1. The Kier molecular flexibility index (Phi) is 5.55. The first-order valence-corrected chi connectivity index (χ1v) is 10.9. The molecule has 4 nitrogen and oxygen atoms in total. The molecule has 32 heavy (non-hydrogen) atoms. The minimum atomic E-state index is -4.57. The van der Waals surface area contributed by atoms with E-state index in [0.29, 0.717) is 0 Å². The van der Waals surface area contributed by atoms with Crippen molar-refractivity contribution in [2.75, 3.05) is 11.6 Å². The van der Waals surface area contributed by atoms with Crippen molar-refractivity contribution in [1.29, 1.82) is 0 Å². The Morgan fingerprint density at radius 1 is 1.09 bits per heavy atom. The molecule has 1 heterocycles. The van der Waals surface area contributed by atoms with Gasteiger partial charge in [-0.2, -0.15) is 18.3 Å². The van der Waals surface area contributed by atoms with Gasteiger partial charge in [-0.05, 0) is 56.4 Å². The van der Waals surface area contributed by atoms with E-state index in [2.05, 4.69) is 6.92 Å². The van der Waals surface area contributed by atoms with Crippen LogP contribution in [0.25, 0.3) is 0 Å². The smallest absolute Gasteiger partial charge is 0.422 e. The molecule has 1 aliphatic carbocycles. The molecule has 1 saturated carbocycles. The highest BCUT2D eigenvalue weighted by molar-refractivity contribution is 6.10. The van der Waals surface area contributed by atoms with E-state index in [4.69, 9.17) is 9.84 Å². The van der Waals surface area contributed by atoms with Gasteiger partial charge in [0.25, 0.3) is 0 Å². The zero-order valence-electron chi connectivity index (χ0n) is 18.4. The Balaban J connectivity index is 1.75. The van der Waals surface area contributed by atoms with Gasteiger partial charge in [0.15, 0.2) is 6.61 Å². The van der Waals surface area contributed by atoms with E-state index in [1.54, 1.807) is 13.8 Å². The van der Waals surface area contributed by atoms with Crippen LogP contribution >= 0.6 is 0 Å². The van der Waals surface area contributed by atoms with E-state index < -0.39 is 35.6 Å². The molecule has 4 rings (SSSR count). The van der Waals surface area contributed by atoms with Crippen LogP contribution in [0.3, 0.4) is 0 Å². The van der Waals surface area contributed by atoms with Gasteiger partial charge < -0.3 is 4.74 Å². The first-order chi connectivity index (χ1) is 15.1. The predicted octanol–water partition coefficient (Wildman–Crippen LogP) is 5.75. The normalized spacial score (nSPS) is 19.8. The molecule has 1 aliphatic heterocycles. The third kappa shape index (κ3) is 4.00. The maximum atomic E-state index is 12.9. The topological polar surface area (TPSA) is 41.9 Å². The molecule has 170 valence electrons. The molecular formula is C25H27F3N2O2. The minimum Gasteiger partial charge on any atom is -0.456 e. The molecule has 0 saturated heterocycles. The van der Waals surface area contributed by atoms with Crippen molar-refractivity contribution >= 4 is 17.4 Å². The zero-order chi connectivity index (χ0) is 23.1. The Bertz CT molecular complexity index is 1010. The second-order valence-electron chi connectivity index (χ2n) is 9.15. The third-order valence-electron chi connectivity index (χ3n) is 6.47.